The summed E-state index contributed by atoms with van der Waals surface area (Å²) in [4.78, 5) is 0. The van der Waals surface area contributed by atoms with Gasteiger partial charge < -0.3 is 5.32 Å². The lowest BCUT2D eigenvalue weighted by molar-refractivity contribution is 0.218. The summed E-state index contributed by atoms with van der Waals surface area (Å²) in [6.07, 6.45) is 12.8. The molecule has 0 bridgehead atoms. The SMILES string of the molecule is CCCCCCC(NC)C1CCCC(C)C1. The molecule has 0 heterocycles. The van der Waals surface area contributed by atoms with Gasteiger partial charge in [-0.1, -0.05) is 52.4 Å². The van der Waals surface area contributed by atoms with Gasteiger partial charge in [0.1, 0.15) is 0 Å². The minimum Gasteiger partial charge on any atom is -0.317 e. The maximum absolute atomic E-state index is 3.57. The van der Waals surface area contributed by atoms with E-state index < -0.39 is 0 Å². The molecule has 3 unspecified atom stereocenters. The smallest absolute Gasteiger partial charge is 0.00924 e. The molecule has 0 aromatic rings. The van der Waals surface area contributed by atoms with Crippen molar-refractivity contribution >= 4 is 0 Å². The second-order valence-corrected chi connectivity index (χ2v) is 5.78. The zero-order valence-electron chi connectivity index (χ0n) is 11.6. The predicted octanol–water partition coefficient (Wildman–Crippen LogP) is 4.37. The molecular formula is C15H31N. The molecule has 1 saturated carbocycles. The lowest BCUT2D eigenvalue weighted by Crippen LogP contribution is -2.36. The van der Waals surface area contributed by atoms with Gasteiger partial charge in [0.25, 0.3) is 0 Å². The Kier molecular flexibility index (Phi) is 7.11. The average molecular weight is 225 g/mol. The highest BCUT2D eigenvalue weighted by Gasteiger charge is 2.25. The Bertz CT molecular complexity index is 167. The molecule has 3 atom stereocenters. The summed E-state index contributed by atoms with van der Waals surface area (Å²) in [5.74, 6) is 1.92. The Morgan fingerprint density at radius 1 is 1.19 bits per heavy atom. The van der Waals surface area contributed by atoms with Crippen LogP contribution in [-0.2, 0) is 0 Å². The summed E-state index contributed by atoms with van der Waals surface area (Å²) in [7, 11) is 2.16. The molecule has 1 aliphatic carbocycles. The van der Waals surface area contributed by atoms with Gasteiger partial charge in [-0.25, -0.2) is 0 Å². The summed E-state index contributed by atoms with van der Waals surface area (Å²) in [5, 5.41) is 3.57. The molecular weight excluding hydrogens is 194 g/mol. The number of nitrogens with one attached hydrogen (secondary N) is 1. The van der Waals surface area contributed by atoms with E-state index in [-0.39, 0.29) is 0 Å². The molecule has 1 N–H and O–H groups in total. The molecule has 0 aromatic heterocycles. The van der Waals surface area contributed by atoms with Crippen molar-refractivity contribution in [3.05, 3.63) is 0 Å². The highest BCUT2D eigenvalue weighted by atomic mass is 14.9. The zero-order valence-corrected chi connectivity index (χ0v) is 11.6. The number of unbranched alkanes of at least 4 members (excludes halogenated alkanes) is 3. The number of rotatable bonds is 7. The van der Waals surface area contributed by atoms with E-state index >= 15 is 0 Å². The van der Waals surface area contributed by atoms with E-state index in [4.69, 9.17) is 0 Å². The molecule has 96 valence electrons. The van der Waals surface area contributed by atoms with Crippen molar-refractivity contribution in [2.24, 2.45) is 11.8 Å². The van der Waals surface area contributed by atoms with Crippen molar-refractivity contribution in [2.45, 2.75) is 77.7 Å². The first-order valence-corrected chi connectivity index (χ1v) is 7.45. The van der Waals surface area contributed by atoms with Gasteiger partial charge in [-0.05, 0) is 38.1 Å². The Morgan fingerprint density at radius 2 is 2.00 bits per heavy atom. The number of hydrogen-bond acceptors (Lipinski definition) is 1. The first-order chi connectivity index (χ1) is 7.77. The van der Waals surface area contributed by atoms with E-state index in [1.54, 1.807) is 0 Å². The average Bonchev–Trinajstić information content (AvgIpc) is 2.29. The van der Waals surface area contributed by atoms with E-state index in [1.165, 1.54) is 57.8 Å². The van der Waals surface area contributed by atoms with Gasteiger partial charge in [-0.15, -0.1) is 0 Å². The molecule has 1 fully saturated rings. The van der Waals surface area contributed by atoms with Crippen LogP contribution in [0.2, 0.25) is 0 Å². The molecule has 1 rings (SSSR count). The quantitative estimate of drug-likeness (QED) is 0.634. The third kappa shape index (κ3) is 4.86. The van der Waals surface area contributed by atoms with E-state index in [9.17, 15) is 0 Å². The molecule has 16 heavy (non-hydrogen) atoms. The first kappa shape index (κ1) is 14.0. The maximum atomic E-state index is 3.57. The zero-order chi connectivity index (χ0) is 11.8. The molecule has 0 spiro atoms. The molecule has 1 nitrogen and oxygen atoms in total. The fourth-order valence-corrected chi connectivity index (χ4v) is 3.25. The Hall–Kier alpha value is -0.0400. The fourth-order valence-electron chi connectivity index (χ4n) is 3.25. The summed E-state index contributed by atoms with van der Waals surface area (Å²) >= 11 is 0. The van der Waals surface area contributed by atoms with Crippen LogP contribution in [0.5, 0.6) is 0 Å². The van der Waals surface area contributed by atoms with Gasteiger partial charge in [0.05, 0.1) is 0 Å². The van der Waals surface area contributed by atoms with Crippen molar-refractivity contribution < 1.29 is 0 Å². The molecule has 0 aliphatic heterocycles. The van der Waals surface area contributed by atoms with Crippen molar-refractivity contribution in [2.75, 3.05) is 7.05 Å². The van der Waals surface area contributed by atoms with Crippen molar-refractivity contribution in [1.29, 1.82) is 0 Å². The second-order valence-electron chi connectivity index (χ2n) is 5.78. The molecule has 1 aliphatic rings. The topological polar surface area (TPSA) is 12.0 Å². The second kappa shape index (κ2) is 8.11. The van der Waals surface area contributed by atoms with Gasteiger partial charge >= 0.3 is 0 Å². The summed E-state index contributed by atoms with van der Waals surface area (Å²) < 4.78 is 0. The van der Waals surface area contributed by atoms with Crippen molar-refractivity contribution in [1.82, 2.24) is 5.32 Å². The lowest BCUT2D eigenvalue weighted by Gasteiger charge is -2.33. The summed E-state index contributed by atoms with van der Waals surface area (Å²) in [5.41, 5.74) is 0. The van der Waals surface area contributed by atoms with E-state index in [0.29, 0.717) is 0 Å². The van der Waals surface area contributed by atoms with E-state index in [2.05, 4.69) is 26.2 Å². The van der Waals surface area contributed by atoms with Crippen LogP contribution in [-0.4, -0.2) is 13.1 Å². The fraction of sp³-hybridized carbons (Fsp3) is 1.00. The minimum absolute atomic E-state index is 0.791. The van der Waals surface area contributed by atoms with Gasteiger partial charge in [0, 0.05) is 6.04 Å². The van der Waals surface area contributed by atoms with Crippen LogP contribution < -0.4 is 5.32 Å². The highest BCUT2D eigenvalue weighted by Crippen LogP contribution is 2.32. The summed E-state index contributed by atoms with van der Waals surface area (Å²) in [6.45, 7) is 4.72. The van der Waals surface area contributed by atoms with Crippen molar-refractivity contribution in [3.63, 3.8) is 0 Å². The minimum atomic E-state index is 0.791. The third-order valence-electron chi connectivity index (χ3n) is 4.29. The maximum Gasteiger partial charge on any atom is 0.00924 e. The van der Waals surface area contributed by atoms with E-state index in [0.717, 1.165) is 17.9 Å². The van der Waals surface area contributed by atoms with Gasteiger partial charge in [0.2, 0.25) is 0 Å². The summed E-state index contributed by atoms with van der Waals surface area (Å²) in [6, 6.07) is 0.791. The standard InChI is InChI=1S/C15H31N/c1-4-5-6-7-11-15(16-3)14-10-8-9-13(2)12-14/h13-16H,4-12H2,1-3H3. The van der Waals surface area contributed by atoms with Crippen molar-refractivity contribution in [3.8, 4) is 0 Å². The molecule has 1 heteroatoms. The highest BCUT2D eigenvalue weighted by molar-refractivity contribution is 4.80. The monoisotopic (exact) mass is 225 g/mol. The Balaban J connectivity index is 2.23. The van der Waals surface area contributed by atoms with Crippen LogP contribution in [0.3, 0.4) is 0 Å². The number of hydrogen-bond donors (Lipinski definition) is 1. The van der Waals surface area contributed by atoms with Crippen LogP contribution in [0.4, 0.5) is 0 Å². The third-order valence-corrected chi connectivity index (χ3v) is 4.29. The Labute approximate surface area is 102 Å². The Morgan fingerprint density at radius 3 is 2.62 bits per heavy atom. The van der Waals surface area contributed by atoms with Crippen LogP contribution in [0.25, 0.3) is 0 Å². The van der Waals surface area contributed by atoms with Crippen LogP contribution in [0.15, 0.2) is 0 Å². The lowest BCUT2D eigenvalue weighted by atomic mass is 9.77. The van der Waals surface area contributed by atoms with Crippen LogP contribution in [0.1, 0.15) is 71.6 Å². The van der Waals surface area contributed by atoms with Gasteiger partial charge in [0.15, 0.2) is 0 Å². The molecule has 0 radical (unpaired) electrons. The van der Waals surface area contributed by atoms with Gasteiger partial charge in [-0.2, -0.15) is 0 Å². The normalized spacial score (nSPS) is 27.9. The largest absolute Gasteiger partial charge is 0.317 e. The first-order valence-electron chi connectivity index (χ1n) is 7.45. The predicted molar refractivity (Wildman–Crippen MR) is 72.7 cm³/mol. The van der Waals surface area contributed by atoms with E-state index in [1.807, 2.05) is 0 Å². The molecule has 0 amide bonds. The molecule has 0 aromatic carbocycles. The van der Waals surface area contributed by atoms with Gasteiger partial charge in [-0.3, -0.25) is 0 Å². The molecule has 0 saturated heterocycles. The van der Waals surface area contributed by atoms with Crippen LogP contribution >= 0.6 is 0 Å². The van der Waals surface area contributed by atoms with Crippen LogP contribution in [0, 0.1) is 11.8 Å².